The summed E-state index contributed by atoms with van der Waals surface area (Å²) in [6.45, 7) is -0.459. The number of aliphatic hydroxyl groups excluding tert-OH is 1. The van der Waals surface area contributed by atoms with Gasteiger partial charge in [-0.05, 0) is 68.4 Å². The van der Waals surface area contributed by atoms with Crippen LogP contribution >= 0.6 is 0 Å². The summed E-state index contributed by atoms with van der Waals surface area (Å²) in [6.07, 6.45) is 5.52. The third-order valence-electron chi connectivity index (χ3n) is 8.26. The minimum atomic E-state index is -0.902. The first-order valence-electron chi connectivity index (χ1n) is 12.4. The summed E-state index contributed by atoms with van der Waals surface area (Å²) < 4.78 is 9.98. The van der Waals surface area contributed by atoms with E-state index in [2.05, 4.69) is 5.32 Å². The van der Waals surface area contributed by atoms with Gasteiger partial charge in [0.2, 0.25) is 5.91 Å². The van der Waals surface area contributed by atoms with Gasteiger partial charge in [-0.25, -0.2) is 9.59 Å². The molecule has 9 heteroatoms. The van der Waals surface area contributed by atoms with Crippen LogP contribution in [0.5, 0.6) is 0 Å². The van der Waals surface area contributed by atoms with Crippen LogP contribution in [0.3, 0.4) is 0 Å². The van der Waals surface area contributed by atoms with Crippen molar-refractivity contribution < 1.29 is 33.8 Å². The van der Waals surface area contributed by atoms with Crippen molar-refractivity contribution in [3.63, 3.8) is 0 Å². The molecule has 5 aliphatic rings. The minimum Gasteiger partial charge on any atom is -0.465 e. The number of nitrogens with one attached hydrogen (secondary N) is 1. The highest BCUT2D eigenvalue weighted by atomic mass is 16.5. The van der Waals surface area contributed by atoms with E-state index < -0.39 is 42.0 Å². The molecule has 0 radical (unpaired) electrons. The lowest BCUT2D eigenvalue weighted by Gasteiger charge is -2.56. The second-order valence-corrected chi connectivity index (χ2v) is 10.8. The molecule has 35 heavy (non-hydrogen) atoms. The number of carbonyl (C=O) groups is 4. The Morgan fingerprint density at radius 3 is 2.29 bits per heavy atom. The Morgan fingerprint density at radius 1 is 1.03 bits per heavy atom. The molecule has 9 nitrogen and oxygen atoms in total. The molecule has 2 amide bonds. The summed E-state index contributed by atoms with van der Waals surface area (Å²) in [7, 11) is 1.25. The summed E-state index contributed by atoms with van der Waals surface area (Å²) in [6, 6.07) is 5.46. The number of esters is 2. The predicted molar refractivity (Wildman–Crippen MR) is 124 cm³/mol. The lowest BCUT2D eigenvalue weighted by atomic mass is 9.49. The van der Waals surface area contributed by atoms with Crippen LogP contribution in [0.4, 0.5) is 5.69 Å². The molecule has 1 saturated heterocycles. The number of methoxy groups -OCH3 is 1. The fourth-order valence-corrected chi connectivity index (χ4v) is 7.24. The van der Waals surface area contributed by atoms with Gasteiger partial charge in [0.15, 0.2) is 6.61 Å². The highest BCUT2D eigenvalue weighted by molar-refractivity contribution is 6.02. The van der Waals surface area contributed by atoms with Crippen molar-refractivity contribution in [2.75, 3.05) is 25.6 Å². The van der Waals surface area contributed by atoms with Crippen molar-refractivity contribution in [3.8, 4) is 0 Å². The second-order valence-electron chi connectivity index (χ2n) is 10.8. The van der Waals surface area contributed by atoms with Crippen LogP contribution in [-0.4, -0.2) is 66.2 Å². The quantitative estimate of drug-likeness (QED) is 0.593. The summed E-state index contributed by atoms with van der Waals surface area (Å²) in [5.74, 6) is -0.203. The molecule has 188 valence electrons. The first-order chi connectivity index (χ1) is 16.8. The highest BCUT2D eigenvalue weighted by Gasteiger charge is 2.57. The molecule has 1 heterocycles. The van der Waals surface area contributed by atoms with Gasteiger partial charge in [-0.15, -0.1) is 0 Å². The number of nitrogens with zero attached hydrogens (tertiary/aromatic N) is 1. The Kier molecular flexibility index (Phi) is 6.29. The number of anilines is 1. The van der Waals surface area contributed by atoms with Gasteiger partial charge in [0.25, 0.3) is 5.91 Å². The number of carbonyl (C=O) groups excluding carboxylic acids is 4. The van der Waals surface area contributed by atoms with Crippen molar-refractivity contribution in [2.45, 2.75) is 57.1 Å². The Balaban J connectivity index is 1.22. The summed E-state index contributed by atoms with van der Waals surface area (Å²) in [5.41, 5.74) is 0.00278. The molecule has 0 aromatic heterocycles. The molecule has 4 aliphatic carbocycles. The average Bonchev–Trinajstić information content (AvgIpc) is 3.22. The summed E-state index contributed by atoms with van der Waals surface area (Å²) >= 11 is 0. The number of likely N-dealkylation sites (tertiary alicyclic amines) is 1. The van der Waals surface area contributed by atoms with Crippen LogP contribution in [-0.2, 0) is 23.9 Å². The number of benzene rings is 1. The van der Waals surface area contributed by atoms with Crippen LogP contribution in [0.1, 0.15) is 55.3 Å². The fraction of sp³-hybridized carbons (Fsp3) is 0.615. The van der Waals surface area contributed by atoms with Crippen molar-refractivity contribution in [2.24, 2.45) is 23.2 Å². The number of ether oxygens (including phenoxy) is 2. The number of hydrogen-bond acceptors (Lipinski definition) is 7. The first-order valence-corrected chi connectivity index (χ1v) is 12.4. The molecule has 6 rings (SSSR count). The normalized spacial score (nSPS) is 32.9. The molecule has 1 aromatic carbocycles. The predicted octanol–water partition coefficient (Wildman–Crippen LogP) is 2.13. The van der Waals surface area contributed by atoms with Crippen molar-refractivity contribution in [1.82, 2.24) is 4.90 Å². The lowest BCUT2D eigenvalue weighted by Crippen LogP contribution is -2.56. The third-order valence-corrected chi connectivity index (χ3v) is 8.26. The molecule has 2 N–H and O–H groups in total. The molecule has 1 unspecified atom stereocenters. The van der Waals surface area contributed by atoms with E-state index in [-0.39, 0.29) is 30.1 Å². The zero-order valence-electron chi connectivity index (χ0n) is 19.9. The smallest absolute Gasteiger partial charge is 0.339 e. The summed E-state index contributed by atoms with van der Waals surface area (Å²) in [4.78, 5) is 52.5. The molecular formula is C26H32N2O7. The number of para-hydroxylation sites is 1. The van der Waals surface area contributed by atoms with Gasteiger partial charge in [-0.3, -0.25) is 9.59 Å². The van der Waals surface area contributed by atoms with Crippen LogP contribution in [0.25, 0.3) is 0 Å². The number of rotatable bonds is 6. The van der Waals surface area contributed by atoms with Crippen molar-refractivity contribution in [1.29, 1.82) is 0 Å². The Labute approximate surface area is 204 Å². The monoisotopic (exact) mass is 484 g/mol. The summed E-state index contributed by atoms with van der Waals surface area (Å²) in [5, 5.41) is 12.9. The molecule has 0 spiro atoms. The third kappa shape index (κ3) is 4.53. The Hall–Kier alpha value is -2.94. The van der Waals surface area contributed by atoms with Gasteiger partial charge < -0.3 is 24.8 Å². The van der Waals surface area contributed by atoms with Gasteiger partial charge in [0.05, 0.1) is 29.9 Å². The number of amides is 2. The van der Waals surface area contributed by atoms with Gasteiger partial charge in [0, 0.05) is 13.0 Å². The Bertz CT molecular complexity index is 1000. The van der Waals surface area contributed by atoms with Crippen LogP contribution in [0, 0.1) is 23.2 Å². The van der Waals surface area contributed by atoms with E-state index in [1.807, 2.05) is 0 Å². The molecule has 2 atom stereocenters. The molecule has 5 fully saturated rings. The number of aliphatic hydroxyl groups is 1. The maximum absolute atomic E-state index is 13.8. The average molecular weight is 485 g/mol. The topological polar surface area (TPSA) is 122 Å². The maximum atomic E-state index is 13.8. The van der Waals surface area contributed by atoms with E-state index in [0.29, 0.717) is 17.8 Å². The zero-order chi connectivity index (χ0) is 24.7. The maximum Gasteiger partial charge on any atom is 0.339 e. The molecule has 4 bridgehead atoms. The first kappa shape index (κ1) is 23.8. The molecular weight excluding hydrogens is 452 g/mol. The van der Waals surface area contributed by atoms with E-state index >= 15 is 0 Å². The van der Waals surface area contributed by atoms with Crippen molar-refractivity contribution in [3.05, 3.63) is 29.8 Å². The zero-order valence-corrected chi connectivity index (χ0v) is 19.9. The standard InChI is InChI=1S/C26H32N2O7/c1-34-23(31)19-4-2-3-5-20(19)27-22(30)14-35-24(32)21-9-18(29)13-28(21)25(33)26-10-15-6-16(11-26)8-17(7-15)12-26/h2-5,15-18,21,29H,6-14H2,1H3,(H,27,30)/t15?,16?,17?,18?,21-,26?/m0/s1. The van der Waals surface area contributed by atoms with Crippen LogP contribution < -0.4 is 5.32 Å². The lowest BCUT2D eigenvalue weighted by molar-refractivity contribution is -0.166. The van der Waals surface area contributed by atoms with E-state index in [1.165, 1.54) is 37.3 Å². The largest absolute Gasteiger partial charge is 0.465 e. The van der Waals surface area contributed by atoms with Gasteiger partial charge in [-0.2, -0.15) is 0 Å². The van der Waals surface area contributed by atoms with Crippen molar-refractivity contribution >= 4 is 29.4 Å². The molecule has 4 saturated carbocycles. The van der Waals surface area contributed by atoms with E-state index in [1.54, 1.807) is 18.2 Å². The van der Waals surface area contributed by atoms with Gasteiger partial charge in [0.1, 0.15) is 6.04 Å². The van der Waals surface area contributed by atoms with Gasteiger partial charge >= 0.3 is 11.9 Å². The van der Waals surface area contributed by atoms with Crippen LogP contribution in [0.15, 0.2) is 24.3 Å². The minimum absolute atomic E-state index is 0.0356. The van der Waals surface area contributed by atoms with E-state index in [0.717, 1.165) is 19.3 Å². The number of β-amino-alcohol motifs (C(OH)–C–C–N with tert-alkyl or cyclic N) is 1. The Morgan fingerprint density at radius 2 is 1.66 bits per heavy atom. The van der Waals surface area contributed by atoms with E-state index in [4.69, 9.17) is 9.47 Å². The number of hydrogen-bond donors (Lipinski definition) is 2. The fourth-order valence-electron chi connectivity index (χ4n) is 7.24. The highest BCUT2D eigenvalue weighted by Crippen LogP contribution is 2.60. The molecule has 1 aliphatic heterocycles. The molecule has 1 aromatic rings. The second kappa shape index (κ2) is 9.26. The van der Waals surface area contributed by atoms with E-state index in [9.17, 15) is 24.3 Å². The van der Waals surface area contributed by atoms with Gasteiger partial charge in [-0.1, -0.05) is 12.1 Å². The SMILES string of the molecule is COC(=O)c1ccccc1NC(=O)COC(=O)[C@@H]1CC(O)CN1C(=O)C12CC3CC(CC(C3)C1)C2. The van der Waals surface area contributed by atoms with Crippen LogP contribution in [0.2, 0.25) is 0 Å².